The van der Waals surface area contributed by atoms with Gasteiger partial charge in [-0.3, -0.25) is 4.72 Å². The van der Waals surface area contributed by atoms with E-state index in [2.05, 4.69) is 24.7 Å². The average molecular weight is 574 g/mol. The van der Waals surface area contributed by atoms with Crippen molar-refractivity contribution in [3.05, 3.63) is 67.0 Å². The molecule has 2 N–H and O–H groups in total. The minimum Gasteiger partial charge on any atom is -0.493 e. The first kappa shape index (κ1) is 27.7. The van der Waals surface area contributed by atoms with Gasteiger partial charge in [0.05, 0.1) is 23.5 Å². The third-order valence-electron chi connectivity index (χ3n) is 5.00. The summed E-state index contributed by atoms with van der Waals surface area (Å²) in [6.45, 7) is -0.573. The Morgan fingerprint density at radius 3 is 2.10 bits per heavy atom. The second-order valence-corrected chi connectivity index (χ2v) is 11.5. The monoisotopic (exact) mass is 573 g/mol. The number of nitrogens with zero attached hydrogens (tertiary/aromatic N) is 4. The molecule has 0 aliphatic heterocycles. The van der Waals surface area contributed by atoms with E-state index in [9.17, 15) is 21.9 Å². The molecule has 0 bridgehead atoms. The third kappa shape index (κ3) is 6.57. The van der Waals surface area contributed by atoms with Crippen LogP contribution in [0.15, 0.2) is 76.8 Å². The predicted octanol–water partition coefficient (Wildman–Crippen LogP) is 2.31. The van der Waals surface area contributed by atoms with Gasteiger partial charge in [0.2, 0.25) is 11.6 Å². The molecule has 0 aliphatic carbocycles. The largest absolute Gasteiger partial charge is 0.493 e. The summed E-state index contributed by atoms with van der Waals surface area (Å²) in [5, 5.41) is 9.35. The number of anilines is 1. The van der Waals surface area contributed by atoms with Crippen molar-refractivity contribution >= 4 is 25.7 Å². The summed E-state index contributed by atoms with van der Waals surface area (Å²) in [7, 11) is -6.44. The first-order chi connectivity index (χ1) is 18.6. The summed E-state index contributed by atoms with van der Waals surface area (Å²) in [4.78, 5) is 16.5. The van der Waals surface area contributed by atoms with Gasteiger partial charge in [-0.2, -0.15) is 4.98 Å². The van der Waals surface area contributed by atoms with Crippen LogP contribution in [0.5, 0.6) is 23.1 Å². The Morgan fingerprint density at radius 2 is 1.49 bits per heavy atom. The number of rotatable bonds is 11. The maximum absolute atomic E-state index is 13.4. The van der Waals surface area contributed by atoms with Crippen LogP contribution in [-0.2, 0) is 19.9 Å². The molecule has 0 radical (unpaired) electrons. The van der Waals surface area contributed by atoms with Crippen molar-refractivity contribution in [3.8, 4) is 34.8 Å². The summed E-state index contributed by atoms with van der Waals surface area (Å²) in [6, 6.07) is 12.8. The molecule has 204 valence electrons. The molecule has 2 heterocycles. The van der Waals surface area contributed by atoms with Crippen LogP contribution in [0.3, 0.4) is 0 Å². The highest BCUT2D eigenvalue weighted by Gasteiger charge is 2.26. The summed E-state index contributed by atoms with van der Waals surface area (Å²) >= 11 is 0. The lowest BCUT2D eigenvalue weighted by atomic mass is 10.3. The molecule has 0 aliphatic rings. The average Bonchev–Trinajstić information content (AvgIpc) is 2.93. The van der Waals surface area contributed by atoms with Crippen molar-refractivity contribution in [2.75, 3.05) is 31.3 Å². The van der Waals surface area contributed by atoms with Gasteiger partial charge in [-0.25, -0.2) is 31.8 Å². The number of aliphatic hydroxyl groups is 1. The standard InChI is InChI=1S/C24H23N5O8S2/c1-35-18-6-3-4-7-19(18)37-20-21(29-39(33,34)17-10-8-16(9-11-17)38(2,31)32)27-23(22-25-12-5-13-26-22)28-24(20)36-15-14-30/h3-13,30H,14-15H2,1-2H3,(H,27,28,29). The number of para-hydroxylation sites is 2. The summed E-state index contributed by atoms with van der Waals surface area (Å²) in [5.41, 5.74) is 0. The zero-order chi connectivity index (χ0) is 28.0. The number of ether oxygens (including phenoxy) is 3. The topological polar surface area (TPSA) is 180 Å². The minimum atomic E-state index is -4.33. The highest BCUT2D eigenvalue weighted by Crippen LogP contribution is 2.41. The van der Waals surface area contributed by atoms with Gasteiger partial charge in [-0.1, -0.05) is 12.1 Å². The van der Waals surface area contributed by atoms with Crippen molar-refractivity contribution in [2.45, 2.75) is 9.79 Å². The fourth-order valence-corrected chi connectivity index (χ4v) is 4.85. The van der Waals surface area contributed by atoms with Gasteiger partial charge in [0.1, 0.15) is 6.61 Å². The molecule has 0 saturated carbocycles. The number of nitrogens with one attached hydrogen (secondary N) is 1. The van der Waals surface area contributed by atoms with E-state index in [0.717, 1.165) is 18.4 Å². The summed E-state index contributed by atoms with van der Waals surface area (Å²) in [5.74, 6) is -0.292. The molecule has 0 saturated heterocycles. The number of sulfone groups is 1. The van der Waals surface area contributed by atoms with Crippen LogP contribution in [0.1, 0.15) is 0 Å². The first-order valence-electron chi connectivity index (χ1n) is 11.2. The molecule has 4 aromatic rings. The van der Waals surface area contributed by atoms with E-state index in [1.807, 2.05) is 0 Å². The van der Waals surface area contributed by atoms with Crippen LogP contribution < -0.4 is 18.9 Å². The highest BCUT2D eigenvalue weighted by atomic mass is 32.2. The molecule has 0 spiro atoms. The number of aliphatic hydroxyl groups excluding tert-OH is 1. The number of hydrogen-bond acceptors (Lipinski definition) is 12. The molecular weight excluding hydrogens is 550 g/mol. The fraction of sp³-hybridized carbons (Fsp3) is 0.167. The second kappa shape index (κ2) is 11.6. The van der Waals surface area contributed by atoms with E-state index in [1.165, 1.54) is 31.6 Å². The highest BCUT2D eigenvalue weighted by molar-refractivity contribution is 7.92. The normalized spacial score (nSPS) is 11.6. The van der Waals surface area contributed by atoms with Crippen molar-refractivity contribution in [1.82, 2.24) is 19.9 Å². The van der Waals surface area contributed by atoms with E-state index in [1.54, 1.807) is 30.3 Å². The molecule has 0 unspecified atom stereocenters. The molecule has 4 rings (SSSR count). The maximum Gasteiger partial charge on any atom is 0.263 e. The van der Waals surface area contributed by atoms with E-state index in [0.29, 0.717) is 5.75 Å². The van der Waals surface area contributed by atoms with Gasteiger partial charge >= 0.3 is 0 Å². The van der Waals surface area contributed by atoms with Gasteiger partial charge in [0.25, 0.3) is 15.9 Å². The number of aromatic nitrogens is 4. The number of methoxy groups -OCH3 is 1. The van der Waals surface area contributed by atoms with Crippen LogP contribution in [0, 0.1) is 0 Å². The van der Waals surface area contributed by atoms with Crippen LogP contribution in [0.4, 0.5) is 5.82 Å². The molecule has 0 amide bonds. The fourth-order valence-electron chi connectivity index (χ4n) is 3.21. The van der Waals surface area contributed by atoms with Gasteiger partial charge < -0.3 is 19.3 Å². The predicted molar refractivity (Wildman–Crippen MR) is 139 cm³/mol. The van der Waals surface area contributed by atoms with Crippen molar-refractivity contribution in [1.29, 1.82) is 0 Å². The number of sulfonamides is 1. The molecular formula is C24H23N5O8S2. The van der Waals surface area contributed by atoms with Gasteiger partial charge in [-0.15, -0.1) is 0 Å². The van der Waals surface area contributed by atoms with Crippen molar-refractivity contribution < 1.29 is 36.2 Å². The maximum atomic E-state index is 13.4. The Hall–Kier alpha value is -4.34. The van der Waals surface area contributed by atoms with E-state index in [4.69, 9.17) is 14.2 Å². The van der Waals surface area contributed by atoms with Crippen molar-refractivity contribution in [2.24, 2.45) is 0 Å². The zero-order valence-corrected chi connectivity index (χ0v) is 22.3. The van der Waals surface area contributed by atoms with Crippen LogP contribution in [0.2, 0.25) is 0 Å². The molecule has 0 fully saturated rings. The van der Waals surface area contributed by atoms with Gasteiger partial charge in [-0.05, 0) is 42.5 Å². The quantitative estimate of drug-likeness (QED) is 0.268. The molecule has 15 heteroatoms. The smallest absolute Gasteiger partial charge is 0.263 e. The SMILES string of the molecule is COc1ccccc1Oc1c(NS(=O)(=O)c2ccc(S(C)(=O)=O)cc2)nc(-c2ncccn2)nc1OCCO. The van der Waals surface area contributed by atoms with Gasteiger partial charge in [0.15, 0.2) is 33.0 Å². The summed E-state index contributed by atoms with van der Waals surface area (Å²) < 4.78 is 69.6. The van der Waals surface area contributed by atoms with Crippen molar-refractivity contribution in [3.63, 3.8) is 0 Å². The minimum absolute atomic E-state index is 0.0492. The van der Waals surface area contributed by atoms with Crippen LogP contribution in [-0.4, -0.2) is 68.5 Å². The lowest BCUT2D eigenvalue weighted by molar-refractivity contribution is 0.192. The van der Waals surface area contributed by atoms with E-state index in [-0.39, 0.29) is 57.9 Å². The Kier molecular flexibility index (Phi) is 8.23. The Balaban J connectivity index is 1.86. The number of benzene rings is 2. The van der Waals surface area contributed by atoms with E-state index < -0.39 is 19.9 Å². The Morgan fingerprint density at radius 1 is 0.846 bits per heavy atom. The number of hydrogen-bond donors (Lipinski definition) is 2. The van der Waals surface area contributed by atoms with Crippen LogP contribution >= 0.6 is 0 Å². The first-order valence-corrected chi connectivity index (χ1v) is 14.6. The molecule has 0 atom stereocenters. The molecule has 13 nitrogen and oxygen atoms in total. The lowest BCUT2D eigenvalue weighted by Crippen LogP contribution is -2.17. The van der Waals surface area contributed by atoms with E-state index >= 15 is 0 Å². The van der Waals surface area contributed by atoms with Gasteiger partial charge in [0, 0.05) is 18.6 Å². The third-order valence-corrected chi connectivity index (χ3v) is 7.49. The zero-order valence-electron chi connectivity index (χ0n) is 20.7. The second-order valence-electron chi connectivity index (χ2n) is 7.78. The lowest BCUT2D eigenvalue weighted by Gasteiger charge is -2.18. The molecule has 39 heavy (non-hydrogen) atoms. The Bertz CT molecular complexity index is 1670. The molecule has 2 aromatic carbocycles. The molecule has 2 aromatic heterocycles. The Labute approximate surface area is 224 Å². The summed E-state index contributed by atoms with van der Waals surface area (Å²) in [6.07, 6.45) is 3.91. The van der Waals surface area contributed by atoms with Crippen LogP contribution in [0.25, 0.3) is 11.6 Å².